The summed E-state index contributed by atoms with van der Waals surface area (Å²) in [4.78, 5) is 2.75. The molecule has 1 N–H and O–H groups in total. The zero-order chi connectivity index (χ0) is 11.0. The standard InChI is InChI=1S/C14H26N2/c1-11-9-15-14(13-5-6-13)10-16(11)8-7-12-3-2-4-12/h11-15H,2-10H2,1H3. The highest BCUT2D eigenvalue weighted by atomic mass is 15.2. The van der Waals surface area contributed by atoms with Crippen LogP contribution in [0.3, 0.4) is 0 Å². The molecule has 0 aromatic rings. The molecule has 0 aromatic carbocycles. The van der Waals surface area contributed by atoms with Crippen molar-refractivity contribution in [2.45, 2.75) is 57.5 Å². The first kappa shape index (κ1) is 11.0. The van der Waals surface area contributed by atoms with Crippen LogP contribution < -0.4 is 5.32 Å². The van der Waals surface area contributed by atoms with Crippen LogP contribution in [0.2, 0.25) is 0 Å². The van der Waals surface area contributed by atoms with Crippen LogP contribution in [0.15, 0.2) is 0 Å². The van der Waals surface area contributed by atoms with Gasteiger partial charge in [-0.25, -0.2) is 0 Å². The molecule has 2 heteroatoms. The van der Waals surface area contributed by atoms with Gasteiger partial charge in [0.15, 0.2) is 0 Å². The third kappa shape index (κ3) is 2.43. The van der Waals surface area contributed by atoms with Crippen molar-refractivity contribution in [3.05, 3.63) is 0 Å². The van der Waals surface area contributed by atoms with Crippen LogP contribution in [0.5, 0.6) is 0 Å². The summed E-state index contributed by atoms with van der Waals surface area (Å²) in [5.74, 6) is 2.08. The van der Waals surface area contributed by atoms with Gasteiger partial charge in [-0.3, -0.25) is 4.90 Å². The van der Waals surface area contributed by atoms with Gasteiger partial charge in [0.2, 0.25) is 0 Å². The number of hydrogen-bond acceptors (Lipinski definition) is 2. The van der Waals surface area contributed by atoms with E-state index in [2.05, 4.69) is 17.1 Å². The Morgan fingerprint density at radius 1 is 1.19 bits per heavy atom. The lowest BCUT2D eigenvalue weighted by Crippen LogP contribution is -2.56. The second kappa shape index (κ2) is 4.66. The minimum atomic E-state index is 0.759. The summed E-state index contributed by atoms with van der Waals surface area (Å²) in [5.41, 5.74) is 0. The van der Waals surface area contributed by atoms with Crippen LogP contribution in [-0.2, 0) is 0 Å². The average Bonchev–Trinajstić information content (AvgIpc) is 3.02. The first-order valence-electron chi connectivity index (χ1n) is 7.30. The maximum Gasteiger partial charge on any atom is 0.0224 e. The van der Waals surface area contributed by atoms with Gasteiger partial charge in [0, 0.05) is 25.2 Å². The molecule has 1 saturated heterocycles. The maximum atomic E-state index is 3.73. The molecule has 2 saturated carbocycles. The van der Waals surface area contributed by atoms with E-state index in [0.29, 0.717) is 0 Å². The van der Waals surface area contributed by atoms with E-state index in [9.17, 15) is 0 Å². The highest BCUT2D eigenvalue weighted by Gasteiger charge is 2.36. The third-order valence-electron chi connectivity index (χ3n) is 4.97. The van der Waals surface area contributed by atoms with Gasteiger partial charge in [-0.2, -0.15) is 0 Å². The van der Waals surface area contributed by atoms with Crippen molar-refractivity contribution in [2.24, 2.45) is 11.8 Å². The summed E-state index contributed by atoms with van der Waals surface area (Å²) in [6.07, 6.45) is 8.91. The smallest absolute Gasteiger partial charge is 0.0224 e. The van der Waals surface area contributed by atoms with Gasteiger partial charge in [-0.1, -0.05) is 19.3 Å². The molecule has 2 unspecified atom stereocenters. The summed E-state index contributed by atoms with van der Waals surface area (Å²) in [6.45, 7) is 6.28. The molecule has 3 fully saturated rings. The largest absolute Gasteiger partial charge is 0.311 e. The lowest BCUT2D eigenvalue weighted by Gasteiger charge is -2.40. The van der Waals surface area contributed by atoms with E-state index >= 15 is 0 Å². The summed E-state index contributed by atoms with van der Waals surface area (Å²) in [6, 6.07) is 1.58. The predicted octanol–water partition coefficient (Wildman–Crippen LogP) is 2.25. The number of nitrogens with one attached hydrogen (secondary N) is 1. The average molecular weight is 222 g/mol. The number of piperazine rings is 1. The normalized spacial score (nSPS) is 37.3. The van der Waals surface area contributed by atoms with Crippen molar-refractivity contribution >= 4 is 0 Å². The first-order chi connectivity index (χ1) is 7.83. The number of rotatable bonds is 4. The molecule has 1 heterocycles. The van der Waals surface area contributed by atoms with E-state index in [0.717, 1.165) is 23.9 Å². The number of hydrogen-bond donors (Lipinski definition) is 1. The molecule has 2 nitrogen and oxygen atoms in total. The van der Waals surface area contributed by atoms with Crippen LogP contribution in [-0.4, -0.2) is 36.6 Å². The lowest BCUT2D eigenvalue weighted by atomic mass is 9.83. The molecule has 1 aliphatic heterocycles. The third-order valence-corrected chi connectivity index (χ3v) is 4.97. The zero-order valence-electron chi connectivity index (χ0n) is 10.6. The Morgan fingerprint density at radius 3 is 2.62 bits per heavy atom. The Bertz CT molecular complexity index is 233. The Labute approximate surface area is 99.8 Å². The van der Waals surface area contributed by atoms with E-state index in [1.807, 2.05) is 0 Å². The van der Waals surface area contributed by atoms with Gasteiger partial charge in [0.1, 0.15) is 0 Å². The van der Waals surface area contributed by atoms with Crippen molar-refractivity contribution in [3.63, 3.8) is 0 Å². The molecule has 2 atom stereocenters. The highest BCUT2D eigenvalue weighted by molar-refractivity contribution is 4.93. The van der Waals surface area contributed by atoms with Crippen LogP contribution in [0.4, 0.5) is 0 Å². The summed E-state index contributed by atoms with van der Waals surface area (Å²) in [5, 5.41) is 3.73. The molecule has 0 bridgehead atoms. The summed E-state index contributed by atoms with van der Waals surface area (Å²) < 4.78 is 0. The molecule has 92 valence electrons. The van der Waals surface area contributed by atoms with Gasteiger partial charge in [-0.15, -0.1) is 0 Å². The van der Waals surface area contributed by atoms with E-state index in [-0.39, 0.29) is 0 Å². The Balaban J connectivity index is 1.46. The second-order valence-corrected chi connectivity index (χ2v) is 6.28. The Morgan fingerprint density at radius 2 is 2.00 bits per heavy atom. The molecule has 3 aliphatic rings. The van der Waals surface area contributed by atoms with Crippen LogP contribution in [0, 0.1) is 11.8 Å². The topological polar surface area (TPSA) is 15.3 Å². The fourth-order valence-electron chi connectivity index (χ4n) is 3.20. The summed E-state index contributed by atoms with van der Waals surface area (Å²) in [7, 11) is 0. The minimum absolute atomic E-state index is 0.759. The van der Waals surface area contributed by atoms with Gasteiger partial charge in [0.25, 0.3) is 0 Å². The molecule has 3 rings (SSSR count). The molecule has 2 aliphatic carbocycles. The molecule has 0 aromatic heterocycles. The number of nitrogens with zero attached hydrogens (tertiary/aromatic N) is 1. The highest BCUT2D eigenvalue weighted by Crippen LogP contribution is 2.35. The van der Waals surface area contributed by atoms with Gasteiger partial charge in [0.05, 0.1) is 0 Å². The zero-order valence-corrected chi connectivity index (χ0v) is 10.6. The molecule has 0 amide bonds. The fourth-order valence-corrected chi connectivity index (χ4v) is 3.20. The van der Waals surface area contributed by atoms with Crippen molar-refractivity contribution in [2.75, 3.05) is 19.6 Å². The van der Waals surface area contributed by atoms with Crippen molar-refractivity contribution < 1.29 is 0 Å². The Kier molecular flexibility index (Phi) is 3.21. The van der Waals surface area contributed by atoms with E-state index in [1.54, 1.807) is 0 Å². The SMILES string of the molecule is CC1CNC(C2CC2)CN1CCC1CCC1. The monoisotopic (exact) mass is 222 g/mol. The lowest BCUT2D eigenvalue weighted by molar-refractivity contribution is 0.116. The van der Waals surface area contributed by atoms with Crippen LogP contribution in [0.25, 0.3) is 0 Å². The molecular formula is C14H26N2. The fraction of sp³-hybridized carbons (Fsp3) is 1.00. The second-order valence-electron chi connectivity index (χ2n) is 6.28. The van der Waals surface area contributed by atoms with Gasteiger partial charge in [-0.05, 0) is 44.6 Å². The van der Waals surface area contributed by atoms with E-state index in [1.165, 1.54) is 58.2 Å². The summed E-state index contributed by atoms with van der Waals surface area (Å²) >= 11 is 0. The maximum absolute atomic E-state index is 3.73. The quantitative estimate of drug-likeness (QED) is 0.785. The first-order valence-corrected chi connectivity index (χ1v) is 7.30. The molecule has 16 heavy (non-hydrogen) atoms. The van der Waals surface area contributed by atoms with Gasteiger partial charge >= 0.3 is 0 Å². The van der Waals surface area contributed by atoms with E-state index in [4.69, 9.17) is 0 Å². The van der Waals surface area contributed by atoms with Crippen LogP contribution >= 0.6 is 0 Å². The van der Waals surface area contributed by atoms with Crippen molar-refractivity contribution in [3.8, 4) is 0 Å². The molecular weight excluding hydrogens is 196 g/mol. The predicted molar refractivity (Wildman–Crippen MR) is 67.5 cm³/mol. The van der Waals surface area contributed by atoms with Crippen molar-refractivity contribution in [1.82, 2.24) is 10.2 Å². The van der Waals surface area contributed by atoms with Crippen molar-refractivity contribution in [1.29, 1.82) is 0 Å². The van der Waals surface area contributed by atoms with Crippen LogP contribution in [0.1, 0.15) is 45.4 Å². The van der Waals surface area contributed by atoms with Gasteiger partial charge < -0.3 is 5.32 Å². The minimum Gasteiger partial charge on any atom is -0.311 e. The molecule has 0 spiro atoms. The Hall–Kier alpha value is -0.0800. The molecule has 0 radical (unpaired) electrons. The van der Waals surface area contributed by atoms with E-state index < -0.39 is 0 Å².